The van der Waals surface area contributed by atoms with Gasteiger partial charge in [0.25, 0.3) is 6.71 Å². The van der Waals surface area contributed by atoms with Crippen molar-refractivity contribution in [2.45, 2.75) is 162 Å². The van der Waals surface area contributed by atoms with Gasteiger partial charge in [0, 0.05) is 28.7 Å². The topological polar surface area (TPSA) is 45.2 Å². The number of benzene rings is 3. The van der Waals surface area contributed by atoms with Crippen molar-refractivity contribution >= 4 is 57.6 Å². The summed E-state index contributed by atoms with van der Waals surface area (Å²) in [6.45, 7) is 35.1. The molecular formula is C52H64BN5. The average Bonchev–Trinajstić information content (AvgIpc) is 3.13. The summed E-state index contributed by atoms with van der Waals surface area (Å²) in [6, 6.07) is 24.1. The maximum atomic E-state index is 5.47. The number of hydrogen-bond acceptors (Lipinski definition) is 5. The summed E-state index contributed by atoms with van der Waals surface area (Å²) in [4.78, 5) is 21.2. The molecule has 3 aromatic carbocycles. The Morgan fingerprint density at radius 1 is 0.534 bits per heavy atom. The lowest BCUT2D eigenvalue weighted by molar-refractivity contribution is 0.331. The number of hydrogen-bond donors (Lipinski definition) is 0. The van der Waals surface area contributed by atoms with Gasteiger partial charge in [-0.15, -0.1) is 0 Å². The summed E-state index contributed by atoms with van der Waals surface area (Å²) < 4.78 is 0. The smallest absolute Gasteiger partial charge is 0.256 e. The van der Waals surface area contributed by atoms with Gasteiger partial charge in [0.15, 0.2) is 0 Å². The molecule has 0 atom stereocenters. The highest BCUT2D eigenvalue weighted by Crippen LogP contribution is 2.51. The van der Waals surface area contributed by atoms with Crippen molar-refractivity contribution in [2.24, 2.45) is 0 Å². The number of aryl methyl sites for hydroxylation is 1. The van der Waals surface area contributed by atoms with Gasteiger partial charge >= 0.3 is 0 Å². The third-order valence-corrected chi connectivity index (χ3v) is 14.7. The van der Waals surface area contributed by atoms with Crippen LogP contribution in [-0.2, 0) is 32.5 Å². The summed E-state index contributed by atoms with van der Waals surface area (Å²) in [6.07, 6.45) is 6.82. The molecule has 0 bridgehead atoms. The van der Waals surface area contributed by atoms with Gasteiger partial charge in [-0.1, -0.05) is 127 Å². The molecule has 0 unspecified atom stereocenters. The van der Waals surface area contributed by atoms with Crippen molar-refractivity contribution in [1.29, 1.82) is 0 Å². The molecule has 0 fully saturated rings. The molecule has 0 spiro atoms. The van der Waals surface area contributed by atoms with E-state index in [1.807, 2.05) is 0 Å². The molecule has 0 amide bonds. The van der Waals surface area contributed by atoms with E-state index in [1.54, 1.807) is 0 Å². The van der Waals surface area contributed by atoms with Gasteiger partial charge in [-0.3, -0.25) is 9.80 Å². The van der Waals surface area contributed by atoms with Crippen LogP contribution in [-0.4, -0.2) is 21.7 Å². The zero-order valence-electron chi connectivity index (χ0n) is 38.0. The molecule has 300 valence electrons. The van der Waals surface area contributed by atoms with E-state index >= 15 is 0 Å². The number of aromatic nitrogens is 3. The molecular weight excluding hydrogens is 705 g/mol. The molecule has 2 aliphatic heterocycles. The lowest BCUT2D eigenvalue weighted by Crippen LogP contribution is -2.62. The Morgan fingerprint density at radius 3 is 1.53 bits per heavy atom. The van der Waals surface area contributed by atoms with Crippen LogP contribution in [0.1, 0.15) is 162 Å². The maximum absolute atomic E-state index is 5.47. The zero-order valence-corrected chi connectivity index (χ0v) is 38.0. The minimum atomic E-state index is -0.0489. The molecule has 5 aromatic rings. The summed E-state index contributed by atoms with van der Waals surface area (Å²) >= 11 is 0. The van der Waals surface area contributed by atoms with Crippen LogP contribution in [0.4, 0.5) is 34.5 Å². The van der Waals surface area contributed by atoms with E-state index in [2.05, 4.69) is 181 Å². The van der Waals surface area contributed by atoms with Crippen molar-refractivity contribution in [2.75, 3.05) is 9.80 Å². The Kier molecular flexibility index (Phi) is 8.28. The Morgan fingerprint density at radius 2 is 1.00 bits per heavy atom. The second-order valence-electron chi connectivity index (χ2n) is 22.8. The van der Waals surface area contributed by atoms with Crippen LogP contribution in [0.25, 0.3) is 0 Å². The van der Waals surface area contributed by atoms with Gasteiger partial charge in [-0.2, -0.15) is 0 Å². The minimum absolute atomic E-state index is 0.0288. The molecule has 0 N–H and O–H groups in total. The molecule has 5 nitrogen and oxygen atoms in total. The van der Waals surface area contributed by atoms with Crippen LogP contribution in [0.5, 0.6) is 0 Å². The highest BCUT2D eigenvalue weighted by molar-refractivity contribution is 7.00. The SMILES string of the molecule is Cc1nc2c3c(n1)N(c1cc4c(cn1)C(C)(C)CCC4(C)C)c1cc(C(C)(C)C)ccc1B3c1ccc(C(C)(C)C)cc1N2c1ccc2c(c1)C(C)(C)CCC2(C)C. The van der Waals surface area contributed by atoms with Crippen molar-refractivity contribution in [3.8, 4) is 0 Å². The van der Waals surface area contributed by atoms with Gasteiger partial charge in [-0.25, -0.2) is 15.0 Å². The lowest BCUT2D eigenvalue weighted by Gasteiger charge is -2.45. The molecule has 2 aromatic heterocycles. The summed E-state index contributed by atoms with van der Waals surface area (Å²) in [5, 5.41) is 0. The molecule has 0 saturated carbocycles. The monoisotopic (exact) mass is 770 g/mol. The van der Waals surface area contributed by atoms with E-state index in [0.717, 1.165) is 59.4 Å². The first-order valence-corrected chi connectivity index (χ1v) is 21.8. The molecule has 0 radical (unpaired) electrons. The van der Waals surface area contributed by atoms with E-state index in [1.165, 1.54) is 56.4 Å². The average molecular weight is 770 g/mol. The first-order chi connectivity index (χ1) is 26.9. The molecule has 58 heavy (non-hydrogen) atoms. The fraction of sp³-hybridized carbons (Fsp3) is 0.481. The number of fused-ring (bicyclic) bond motifs is 6. The summed E-state index contributed by atoms with van der Waals surface area (Å²) in [7, 11) is 0. The first kappa shape index (κ1) is 39.0. The number of pyridine rings is 1. The second kappa shape index (κ2) is 12.3. The largest absolute Gasteiger partial charge is 0.296 e. The van der Waals surface area contributed by atoms with Crippen LogP contribution in [0.2, 0.25) is 0 Å². The second-order valence-corrected chi connectivity index (χ2v) is 22.8. The molecule has 9 rings (SSSR count). The molecule has 6 heteroatoms. The number of anilines is 6. The van der Waals surface area contributed by atoms with E-state index in [-0.39, 0.29) is 39.2 Å². The lowest BCUT2D eigenvalue weighted by atomic mass is 9.34. The third kappa shape index (κ3) is 5.89. The fourth-order valence-electron chi connectivity index (χ4n) is 10.5. The summed E-state index contributed by atoms with van der Waals surface area (Å²) in [5.41, 5.74) is 15.7. The van der Waals surface area contributed by atoms with E-state index < -0.39 is 0 Å². The van der Waals surface area contributed by atoms with Crippen molar-refractivity contribution < 1.29 is 0 Å². The zero-order chi connectivity index (χ0) is 41.7. The molecule has 0 saturated heterocycles. The predicted octanol–water partition coefficient (Wildman–Crippen LogP) is 11.6. The van der Waals surface area contributed by atoms with Gasteiger partial charge in [-0.05, 0) is 140 Å². The van der Waals surface area contributed by atoms with E-state index in [4.69, 9.17) is 15.0 Å². The highest BCUT2D eigenvalue weighted by atomic mass is 15.3. The van der Waals surface area contributed by atoms with Crippen LogP contribution in [0.3, 0.4) is 0 Å². The maximum Gasteiger partial charge on any atom is 0.256 e. The van der Waals surface area contributed by atoms with E-state index in [9.17, 15) is 0 Å². The number of rotatable bonds is 2. The fourth-order valence-corrected chi connectivity index (χ4v) is 10.5. The van der Waals surface area contributed by atoms with Crippen molar-refractivity contribution in [1.82, 2.24) is 15.0 Å². The number of nitrogens with zero attached hydrogens (tertiary/aromatic N) is 5. The van der Waals surface area contributed by atoms with Gasteiger partial charge in [0.1, 0.15) is 23.3 Å². The van der Waals surface area contributed by atoms with Gasteiger partial charge in [0.2, 0.25) is 0 Å². The van der Waals surface area contributed by atoms with E-state index in [0.29, 0.717) is 0 Å². The third-order valence-electron chi connectivity index (χ3n) is 14.7. The Bertz CT molecular complexity index is 2360. The first-order valence-electron chi connectivity index (χ1n) is 21.8. The van der Waals surface area contributed by atoms with Crippen LogP contribution < -0.4 is 26.2 Å². The normalized spacial score (nSPS) is 19.5. The minimum Gasteiger partial charge on any atom is -0.296 e. The quantitative estimate of drug-likeness (QED) is 0.164. The van der Waals surface area contributed by atoms with Crippen molar-refractivity contribution in [3.63, 3.8) is 0 Å². The van der Waals surface area contributed by atoms with Crippen LogP contribution in [0, 0.1) is 6.92 Å². The molecule has 4 aliphatic rings. The standard InChI is InChI=1S/C52H64BN5/c1-31-55-45-44-46(56-31)58(43-29-37-38(30-54-43)52(14,15)25-24-51(37,12)13)42-27-33(48(5,6)7)17-21-40(42)53(44)39-20-16-32(47(2,3)4)26-41(39)57(45)34-18-19-35-36(28-34)50(10,11)23-22-49(35,8)9/h16-21,26-30H,22-25H2,1-15H3. The summed E-state index contributed by atoms with van der Waals surface area (Å²) in [5.74, 6) is 3.58. The van der Waals surface area contributed by atoms with Crippen LogP contribution in [0.15, 0.2) is 66.9 Å². The molecule has 4 heterocycles. The van der Waals surface area contributed by atoms with Crippen molar-refractivity contribution in [3.05, 3.63) is 106 Å². The Balaban J connectivity index is 1.36. The van der Waals surface area contributed by atoms with Gasteiger partial charge < -0.3 is 0 Å². The van der Waals surface area contributed by atoms with Crippen LogP contribution >= 0.6 is 0 Å². The van der Waals surface area contributed by atoms with Gasteiger partial charge in [0.05, 0.1) is 0 Å². The Hall–Kier alpha value is -4.45. The predicted molar refractivity (Wildman–Crippen MR) is 247 cm³/mol. The Labute approximate surface area is 349 Å². The molecule has 2 aliphatic carbocycles. The highest BCUT2D eigenvalue weighted by Gasteiger charge is 2.47.